The molecule has 0 aromatic heterocycles. The van der Waals surface area contributed by atoms with Crippen molar-refractivity contribution in [3.8, 4) is 0 Å². The minimum absolute atomic E-state index is 0.202. The van der Waals surface area contributed by atoms with E-state index in [4.69, 9.17) is 5.11 Å². The molecule has 1 aliphatic carbocycles. The number of carboxylic acids is 1. The highest BCUT2D eigenvalue weighted by molar-refractivity contribution is 5.75. The van der Waals surface area contributed by atoms with Gasteiger partial charge in [-0.25, -0.2) is 4.79 Å². The van der Waals surface area contributed by atoms with Gasteiger partial charge in [0, 0.05) is 20.1 Å². The van der Waals surface area contributed by atoms with E-state index in [1.807, 2.05) is 0 Å². The first-order valence-electron chi connectivity index (χ1n) is 7.40. The monoisotopic (exact) mass is 282 g/mol. The van der Waals surface area contributed by atoms with Gasteiger partial charge < -0.3 is 15.3 Å². The summed E-state index contributed by atoms with van der Waals surface area (Å²) < 4.78 is 0. The highest BCUT2D eigenvalue weighted by Gasteiger charge is 2.16. The summed E-state index contributed by atoms with van der Waals surface area (Å²) in [5.41, 5.74) is 1.43. The average Bonchev–Trinajstić information content (AvgIpc) is 2.67. The molecule has 1 aliphatic rings. The molecule has 0 saturated carbocycles. The Labute approximate surface area is 121 Å². The third kappa shape index (κ3) is 6.08. The van der Waals surface area contributed by atoms with E-state index >= 15 is 0 Å². The van der Waals surface area contributed by atoms with E-state index < -0.39 is 11.9 Å². The third-order valence-corrected chi connectivity index (χ3v) is 3.67. The summed E-state index contributed by atoms with van der Waals surface area (Å²) in [7, 11) is 1.62. The number of carbonyl (C=O) groups is 2. The summed E-state index contributed by atoms with van der Waals surface area (Å²) in [6.45, 7) is 2.45. The molecule has 0 aliphatic heterocycles. The molecule has 5 heteroatoms. The number of nitrogens with one attached hydrogen (secondary N) is 1. The van der Waals surface area contributed by atoms with Crippen molar-refractivity contribution < 1.29 is 14.7 Å². The summed E-state index contributed by atoms with van der Waals surface area (Å²) in [6, 6.07) is -0.202. The molecule has 0 bridgehead atoms. The van der Waals surface area contributed by atoms with Crippen LogP contribution in [0.2, 0.25) is 0 Å². The molecule has 0 aromatic rings. The molecule has 0 radical (unpaired) electrons. The maximum absolute atomic E-state index is 11.8. The van der Waals surface area contributed by atoms with Crippen LogP contribution in [0, 0.1) is 5.92 Å². The Morgan fingerprint density at radius 3 is 2.85 bits per heavy atom. The van der Waals surface area contributed by atoms with E-state index in [0.29, 0.717) is 6.54 Å². The quantitative estimate of drug-likeness (QED) is 0.736. The SMILES string of the molecule is CC(CN(C)C(=O)NCCC1=CCCCCC1)C(=O)O. The third-order valence-electron chi connectivity index (χ3n) is 3.67. The number of hydrogen-bond donors (Lipinski definition) is 2. The molecule has 0 fully saturated rings. The van der Waals surface area contributed by atoms with Crippen molar-refractivity contribution in [3.63, 3.8) is 0 Å². The van der Waals surface area contributed by atoms with Crippen LogP contribution < -0.4 is 5.32 Å². The Balaban J connectivity index is 2.25. The Kier molecular flexibility index (Phi) is 7.12. The van der Waals surface area contributed by atoms with Crippen LogP contribution >= 0.6 is 0 Å². The van der Waals surface area contributed by atoms with E-state index in [2.05, 4.69) is 11.4 Å². The smallest absolute Gasteiger partial charge is 0.317 e. The second-order valence-corrected chi connectivity index (χ2v) is 5.56. The van der Waals surface area contributed by atoms with Crippen molar-refractivity contribution in [1.82, 2.24) is 10.2 Å². The molecule has 1 atom stereocenters. The number of carbonyl (C=O) groups excluding carboxylic acids is 1. The van der Waals surface area contributed by atoms with Crippen molar-refractivity contribution >= 4 is 12.0 Å². The van der Waals surface area contributed by atoms with Crippen LogP contribution in [0.5, 0.6) is 0 Å². The molecule has 0 aromatic carbocycles. The standard InChI is InChI=1S/C15H26N2O3/c1-12(14(18)19)11-17(2)15(20)16-10-9-13-7-5-3-4-6-8-13/h7,12H,3-6,8-11H2,1-2H3,(H,16,20)(H,18,19). The Morgan fingerprint density at radius 2 is 2.15 bits per heavy atom. The zero-order valence-corrected chi connectivity index (χ0v) is 12.5. The maximum atomic E-state index is 11.8. The van der Waals surface area contributed by atoms with Crippen LogP contribution in [0.4, 0.5) is 4.79 Å². The van der Waals surface area contributed by atoms with Gasteiger partial charge in [-0.3, -0.25) is 4.79 Å². The molecule has 20 heavy (non-hydrogen) atoms. The number of aliphatic carboxylic acids is 1. The molecular formula is C15H26N2O3. The molecule has 1 rings (SSSR count). The van der Waals surface area contributed by atoms with Crippen LogP contribution in [0.1, 0.15) is 45.4 Å². The summed E-state index contributed by atoms with van der Waals surface area (Å²) in [4.78, 5) is 24.0. The molecule has 1 unspecified atom stereocenters. The van der Waals surface area contributed by atoms with Gasteiger partial charge in [0.25, 0.3) is 0 Å². The Hall–Kier alpha value is -1.52. The lowest BCUT2D eigenvalue weighted by molar-refractivity contribution is -0.141. The minimum Gasteiger partial charge on any atom is -0.481 e. The van der Waals surface area contributed by atoms with Crippen molar-refractivity contribution in [2.75, 3.05) is 20.1 Å². The number of rotatable bonds is 6. The van der Waals surface area contributed by atoms with E-state index in [0.717, 1.165) is 19.3 Å². The minimum atomic E-state index is -0.881. The first kappa shape index (κ1) is 16.5. The summed E-state index contributed by atoms with van der Waals surface area (Å²) in [5, 5.41) is 11.7. The summed E-state index contributed by atoms with van der Waals surface area (Å²) in [5.74, 6) is -1.43. The van der Waals surface area contributed by atoms with Crippen LogP contribution in [-0.4, -0.2) is 42.1 Å². The predicted molar refractivity (Wildman–Crippen MR) is 78.6 cm³/mol. The van der Waals surface area contributed by atoms with Crippen LogP contribution in [0.3, 0.4) is 0 Å². The molecule has 0 saturated heterocycles. The molecule has 0 spiro atoms. The summed E-state index contributed by atoms with van der Waals surface area (Å²) in [6.07, 6.45) is 9.30. The van der Waals surface area contributed by atoms with Crippen LogP contribution in [0.25, 0.3) is 0 Å². The molecule has 0 heterocycles. The number of hydrogen-bond acceptors (Lipinski definition) is 2. The Bertz CT molecular complexity index is 366. The highest BCUT2D eigenvalue weighted by Crippen LogP contribution is 2.19. The first-order valence-corrected chi connectivity index (χ1v) is 7.40. The fourth-order valence-electron chi connectivity index (χ4n) is 2.35. The zero-order chi connectivity index (χ0) is 15.0. The Morgan fingerprint density at radius 1 is 1.40 bits per heavy atom. The van der Waals surface area contributed by atoms with Gasteiger partial charge in [-0.15, -0.1) is 0 Å². The highest BCUT2D eigenvalue weighted by atomic mass is 16.4. The van der Waals surface area contributed by atoms with Gasteiger partial charge in [-0.2, -0.15) is 0 Å². The fourth-order valence-corrected chi connectivity index (χ4v) is 2.35. The van der Waals surface area contributed by atoms with Gasteiger partial charge in [0.1, 0.15) is 0 Å². The van der Waals surface area contributed by atoms with Gasteiger partial charge >= 0.3 is 12.0 Å². The number of amides is 2. The van der Waals surface area contributed by atoms with Crippen LogP contribution in [0.15, 0.2) is 11.6 Å². The lowest BCUT2D eigenvalue weighted by Crippen LogP contribution is -2.41. The van der Waals surface area contributed by atoms with E-state index in [1.165, 1.54) is 29.7 Å². The predicted octanol–water partition coefficient (Wildman–Crippen LogP) is 2.63. The average molecular weight is 282 g/mol. The molecular weight excluding hydrogens is 256 g/mol. The first-order chi connectivity index (χ1) is 9.50. The van der Waals surface area contributed by atoms with E-state index in [9.17, 15) is 9.59 Å². The van der Waals surface area contributed by atoms with Crippen molar-refractivity contribution in [2.24, 2.45) is 5.92 Å². The van der Waals surface area contributed by atoms with E-state index in [1.54, 1.807) is 14.0 Å². The topological polar surface area (TPSA) is 69.6 Å². The number of allylic oxidation sites excluding steroid dienone is 1. The van der Waals surface area contributed by atoms with Gasteiger partial charge in [0.15, 0.2) is 0 Å². The second-order valence-electron chi connectivity index (χ2n) is 5.56. The van der Waals surface area contributed by atoms with Crippen molar-refractivity contribution in [3.05, 3.63) is 11.6 Å². The van der Waals surface area contributed by atoms with E-state index in [-0.39, 0.29) is 12.6 Å². The molecule has 5 nitrogen and oxygen atoms in total. The molecule has 114 valence electrons. The number of carboxylic acid groups (broad SMARTS) is 1. The largest absolute Gasteiger partial charge is 0.481 e. The van der Waals surface area contributed by atoms with Gasteiger partial charge in [0.2, 0.25) is 0 Å². The maximum Gasteiger partial charge on any atom is 0.317 e. The molecule has 2 N–H and O–H groups in total. The normalized spacial score (nSPS) is 16.8. The van der Waals surface area contributed by atoms with Crippen molar-refractivity contribution in [2.45, 2.75) is 45.4 Å². The summed E-state index contributed by atoms with van der Waals surface area (Å²) >= 11 is 0. The van der Waals surface area contributed by atoms with Gasteiger partial charge in [-0.1, -0.05) is 25.0 Å². The van der Waals surface area contributed by atoms with Gasteiger partial charge in [0.05, 0.1) is 5.92 Å². The molecule has 2 amide bonds. The van der Waals surface area contributed by atoms with Gasteiger partial charge in [-0.05, 0) is 32.1 Å². The zero-order valence-electron chi connectivity index (χ0n) is 12.5. The number of urea groups is 1. The second kappa shape index (κ2) is 8.61. The van der Waals surface area contributed by atoms with Crippen molar-refractivity contribution in [1.29, 1.82) is 0 Å². The lowest BCUT2D eigenvalue weighted by Gasteiger charge is -2.20. The van der Waals surface area contributed by atoms with Crippen LogP contribution in [-0.2, 0) is 4.79 Å². The number of nitrogens with zero attached hydrogens (tertiary/aromatic N) is 1. The lowest BCUT2D eigenvalue weighted by atomic mass is 10.1. The fraction of sp³-hybridized carbons (Fsp3) is 0.733.